The fourth-order valence-corrected chi connectivity index (χ4v) is 1.58. The van der Waals surface area contributed by atoms with Crippen molar-refractivity contribution in [2.24, 2.45) is 23.4 Å². The van der Waals surface area contributed by atoms with Gasteiger partial charge in [-0.2, -0.15) is 10.2 Å². The molecule has 0 aromatic heterocycles. The van der Waals surface area contributed by atoms with Gasteiger partial charge in [-0.05, 0) is 12.8 Å². The molecule has 13 heavy (non-hydrogen) atoms. The second-order valence-electron chi connectivity index (χ2n) is 3.30. The van der Waals surface area contributed by atoms with E-state index in [0.717, 1.165) is 35.9 Å². The Balaban J connectivity index is 4.59. The Kier molecular flexibility index (Phi) is 5.38. The monoisotopic (exact) mass is 190 g/mol. The molecule has 0 rings (SSSR count). The van der Waals surface area contributed by atoms with Gasteiger partial charge in [0.2, 0.25) is 0 Å². The van der Waals surface area contributed by atoms with Crippen LogP contribution in [0, 0.1) is 0 Å². The molecule has 6 nitrogen and oxygen atoms in total. The van der Waals surface area contributed by atoms with Gasteiger partial charge in [0, 0.05) is 0 Å². The molecule has 0 radical (unpaired) electrons. The zero-order chi connectivity index (χ0) is 10.5. The zero-order valence-corrected chi connectivity index (χ0v) is 8.53. The van der Waals surface area contributed by atoms with Crippen LogP contribution in [0.25, 0.3) is 0 Å². The first-order valence-corrected chi connectivity index (χ1v) is 4.60. The molecule has 0 saturated carbocycles. The fourth-order valence-electron chi connectivity index (χ4n) is 1.58. The molecule has 0 amide bonds. The summed E-state index contributed by atoms with van der Waals surface area (Å²) in [6.45, 7) is 4.08. The van der Waals surface area contributed by atoms with Crippen LogP contribution in [0.1, 0.15) is 39.5 Å². The van der Waals surface area contributed by atoms with Crippen molar-refractivity contribution in [2.45, 2.75) is 45.2 Å². The minimum atomic E-state index is -0.622. The van der Waals surface area contributed by atoms with Gasteiger partial charge in [0.15, 0.2) is 0 Å². The minimum absolute atomic E-state index is 0.622. The van der Waals surface area contributed by atoms with E-state index in [4.69, 9.17) is 23.4 Å². The van der Waals surface area contributed by atoms with Crippen LogP contribution < -0.4 is 23.4 Å². The van der Waals surface area contributed by atoms with E-state index in [9.17, 15) is 0 Å². The maximum Gasteiger partial charge on any atom is 0.129 e. The summed E-state index contributed by atoms with van der Waals surface area (Å²) >= 11 is 0. The highest BCUT2D eigenvalue weighted by Crippen LogP contribution is 2.22. The normalized spacial score (nSPS) is 12.9. The highest BCUT2D eigenvalue weighted by atomic mass is 15.8. The molecule has 0 aliphatic carbocycles. The van der Waals surface area contributed by atoms with Crippen molar-refractivity contribution in [3.05, 3.63) is 0 Å². The van der Waals surface area contributed by atoms with Crippen molar-refractivity contribution in [1.82, 2.24) is 10.2 Å². The lowest BCUT2D eigenvalue weighted by molar-refractivity contribution is -0.0804. The first-order chi connectivity index (χ1) is 6.01. The Hall–Kier alpha value is -0.240. The average molecular weight is 190 g/mol. The summed E-state index contributed by atoms with van der Waals surface area (Å²) in [4.78, 5) is 0. The third kappa shape index (κ3) is 2.87. The largest absolute Gasteiger partial charge is 0.253 e. The van der Waals surface area contributed by atoms with E-state index in [0.29, 0.717) is 0 Å². The van der Waals surface area contributed by atoms with Gasteiger partial charge in [-0.15, -0.1) is 0 Å². The van der Waals surface area contributed by atoms with Crippen molar-refractivity contribution in [2.75, 3.05) is 0 Å². The van der Waals surface area contributed by atoms with Gasteiger partial charge in [0.05, 0.1) is 0 Å². The van der Waals surface area contributed by atoms with Gasteiger partial charge in [0.1, 0.15) is 5.66 Å². The molecule has 0 aliphatic heterocycles. The third-order valence-electron chi connectivity index (χ3n) is 2.26. The molecular weight excluding hydrogens is 168 g/mol. The lowest BCUT2D eigenvalue weighted by atomic mass is 9.99. The van der Waals surface area contributed by atoms with Crippen LogP contribution in [0.15, 0.2) is 0 Å². The Morgan fingerprint density at radius 3 is 1.31 bits per heavy atom. The third-order valence-corrected chi connectivity index (χ3v) is 2.26. The summed E-state index contributed by atoms with van der Waals surface area (Å²) in [5, 5.41) is 2.22. The van der Waals surface area contributed by atoms with Crippen LogP contribution >= 0.6 is 0 Å². The number of nitrogens with zero attached hydrogens (tertiary/aromatic N) is 2. The van der Waals surface area contributed by atoms with Gasteiger partial charge < -0.3 is 0 Å². The molecule has 80 valence electrons. The zero-order valence-electron chi connectivity index (χ0n) is 8.53. The summed E-state index contributed by atoms with van der Waals surface area (Å²) < 4.78 is 0. The Morgan fingerprint density at radius 2 is 1.15 bits per heavy atom. The molecular formula is C7H22N6. The van der Waals surface area contributed by atoms with Crippen molar-refractivity contribution >= 4 is 0 Å². The summed E-state index contributed by atoms with van der Waals surface area (Å²) in [6.07, 6.45) is 3.35. The van der Waals surface area contributed by atoms with Gasteiger partial charge in [0.25, 0.3) is 0 Å². The summed E-state index contributed by atoms with van der Waals surface area (Å²) in [5.41, 5.74) is -0.622. The first-order valence-electron chi connectivity index (χ1n) is 4.60. The van der Waals surface area contributed by atoms with Crippen LogP contribution in [-0.4, -0.2) is 15.9 Å². The molecule has 0 bridgehead atoms. The fraction of sp³-hybridized carbons (Fsp3) is 1.00. The van der Waals surface area contributed by atoms with Crippen LogP contribution in [0.5, 0.6) is 0 Å². The predicted molar refractivity (Wildman–Crippen MR) is 53.0 cm³/mol. The van der Waals surface area contributed by atoms with E-state index >= 15 is 0 Å². The van der Waals surface area contributed by atoms with E-state index < -0.39 is 5.66 Å². The number of hydrogen-bond donors (Lipinski definition) is 4. The number of nitrogens with two attached hydrogens (primary N) is 4. The van der Waals surface area contributed by atoms with E-state index in [-0.39, 0.29) is 0 Å². The van der Waals surface area contributed by atoms with Crippen molar-refractivity contribution < 1.29 is 0 Å². The highest BCUT2D eigenvalue weighted by Gasteiger charge is 2.36. The van der Waals surface area contributed by atoms with E-state index in [2.05, 4.69) is 0 Å². The number of hydrazine groups is 4. The maximum atomic E-state index is 5.55. The quantitative estimate of drug-likeness (QED) is 0.252. The van der Waals surface area contributed by atoms with Crippen molar-refractivity contribution in [1.29, 1.82) is 0 Å². The number of hydrogen-bond acceptors (Lipinski definition) is 6. The van der Waals surface area contributed by atoms with Crippen LogP contribution in [0.4, 0.5) is 0 Å². The van der Waals surface area contributed by atoms with Gasteiger partial charge in [-0.3, -0.25) is 23.4 Å². The Bertz CT molecular complexity index is 119. The van der Waals surface area contributed by atoms with Crippen molar-refractivity contribution in [3.8, 4) is 0 Å². The molecule has 0 aliphatic rings. The molecule has 8 N–H and O–H groups in total. The Labute approximate surface area is 79.7 Å². The highest BCUT2D eigenvalue weighted by molar-refractivity contribution is 4.80. The van der Waals surface area contributed by atoms with Gasteiger partial charge >= 0.3 is 0 Å². The average Bonchev–Trinajstić information content (AvgIpc) is 2.03. The molecule has 0 unspecified atom stereocenters. The van der Waals surface area contributed by atoms with Crippen LogP contribution in [-0.2, 0) is 0 Å². The van der Waals surface area contributed by atoms with Crippen LogP contribution in [0.3, 0.4) is 0 Å². The SMILES string of the molecule is CCCC(CCC)(N(N)N)N(N)N. The molecule has 6 heteroatoms. The second-order valence-corrected chi connectivity index (χ2v) is 3.30. The smallest absolute Gasteiger partial charge is 0.129 e. The lowest BCUT2D eigenvalue weighted by Crippen LogP contribution is -2.70. The van der Waals surface area contributed by atoms with E-state index in [1.165, 1.54) is 0 Å². The number of rotatable bonds is 6. The standard InChI is InChI=1S/C7H22N6/c1-3-5-7(6-4-2,12(8)9)13(10)11/h3-6,8-11H2,1-2H3. The molecule has 0 aromatic carbocycles. The van der Waals surface area contributed by atoms with Gasteiger partial charge in [-0.25, -0.2) is 0 Å². The van der Waals surface area contributed by atoms with Crippen molar-refractivity contribution in [3.63, 3.8) is 0 Å². The molecule has 0 atom stereocenters. The summed E-state index contributed by atoms with van der Waals surface area (Å²) in [6, 6.07) is 0. The summed E-state index contributed by atoms with van der Waals surface area (Å²) in [5.74, 6) is 22.2. The molecule has 0 saturated heterocycles. The van der Waals surface area contributed by atoms with Crippen LogP contribution in [0.2, 0.25) is 0 Å². The molecule has 0 heterocycles. The maximum absolute atomic E-state index is 5.55. The molecule has 0 spiro atoms. The summed E-state index contributed by atoms with van der Waals surface area (Å²) in [7, 11) is 0. The molecule has 0 aromatic rings. The molecule has 0 fully saturated rings. The second kappa shape index (κ2) is 5.48. The first kappa shape index (κ1) is 12.8. The van der Waals surface area contributed by atoms with E-state index in [1.807, 2.05) is 13.8 Å². The lowest BCUT2D eigenvalue weighted by Gasteiger charge is -2.42. The topological polar surface area (TPSA) is 111 Å². The predicted octanol–water partition coefficient (Wildman–Crippen LogP) is -0.618. The Morgan fingerprint density at radius 1 is 0.846 bits per heavy atom. The van der Waals surface area contributed by atoms with E-state index in [1.54, 1.807) is 0 Å². The van der Waals surface area contributed by atoms with Gasteiger partial charge in [-0.1, -0.05) is 26.7 Å². The minimum Gasteiger partial charge on any atom is -0.253 e.